The van der Waals surface area contributed by atoms with Gasteiger partial charge in [-0.15, -0.1) is 0 Å². The van der Waals surface area contributed by atoms with Gasteiger partial charge in [0.2, 0.25) is 0 Å². The fraction of sp³-hybridized carbons (Fsp3) is 0.882. The molecule has 0 spiro atoms. The van der Waals surface area contributed by atoms with E-state index < -0.39 is 11.0 Å². The average molecular weight is 313 g/mol. The Morgan fingerprint density at radius 2 is 1.68 bits per heavy atom. The van der Waals surface area contributed by atoms with Crippen LogP contribution in [0.5, 0.6) is 0 Å². The van der Waals surface area contributed by atoms with E-state index in [0.717, 1.165) is 25.7 Å². The van der Waals surface area contributed by atoms with Crippen LogP contribution in [0.3, 0.4) is 0 Å². The van der Waals surface area contributed by atoms with Crippen molar-refractivity contribution in [2.45, 2.75) is 65.4 Å². The van der Waals surface area contributed by atoms with Crippen LogP contribution in [0.4, 0.5) is 0 Å². The smallest absolute Gasteiger partial charge is 0.314 e. The molecule has 0 saturated heterocycles. The fourth-order valence-corrected chi connectivity index (χ4v) is 2.98. The van der Waals surface area contributed by atoms with Crippen molar-refractivity contribution < 1.29 is 19.1 Å². The highest BCUT2D eigenvalue weighted by molar-refractivity contribution is 5.79. The molecular formula is C17H31NO4. The minimum atomic E-state index is -0.690. The van der Waals surface area contributed by atoms with Gasteiger partial charge < -0.3 is 14.8 Å². The van der Waals surface area contributed by atoms with E-state index >= 15 is 0 Å². The van der Waals surface area contributed by atoms with Crippen molar-refractivity contribution in [3.63, 3.8) is 0 Å². The van der Waals surface area contributed by atoms with Crippen molar-refractivity contribution >= 4 is 11.9 Å². The second-order valence-corrected chi connectivity index (χ2v) is 7.64. The van der Waals surface area contributed by atoms with Crippen LogP contribution >= 0.6 is 0 Å². The van der Waals surface area contributed by atoms with Crippen LogP contribution in [0, 0.1) is 10.8 Å². The Hall–Kier alpha value is -1.10. The summed E-state index contributed by atoms with van der Waals surface area (Å²) < 4.78 is 10.7. The predicted octanol–water partition coefficient (Wildman–Crippen LogP) is 2.68. The predicted molar refractivity (Wildman–Crippen MR) is 85.4 cm³/mol. The zero-order valence-corrected chi connectivity index (χ0v) is 14.9. The van der Waals surface area contributed by atoms with Crippen LogP contribution in [0.25, 0.3) is 0 Å². The van der Waals surface area contributed by atoms with Crippen molar-refractivity contribution in [3.05, 3.63) is 0 Å². The molecule has 0 radical (unpaired) electrons. The summed E-state index contributed by atoms with van der Waals surface area (Å²) in [6.45, 7) is 8.56. The Morgan fingerprint density at radius 1 is 1.14 bits per heavy atom. The molecule has 1 N–H and O–H groups in total. The number of carbonyl (C=O) groups is 2. The Kier molecular flexibility index (Phi) is 6.02. The summed E-state index contributed by atoms with van der Waals surface area (Å²) >= 11 is 0. The molecule has 0 amide bonds. The first-order chi connectivity index (χ1) is 10.1. The molecule has 1 unspecified atom stereocenters. The molecule has 1 fully saturated rings. The number of carbonyl (C=O) groups excluding carboxylic acids is 2. The van der Waals surface area contributed by atoms with Gasteiger partial charge in [0.25, 0.3) is 0 Å². The van der Waals surface area contributed by atoms with E-state index in [0.29, 0.717) is 6.54 Å². The quantitative estimate of drug-likeness (QED) is 0.764. The van der Waals surface area contributed by atoms with Crippen molar-refractivity contribution in [3.8, 4) is 0 Å². The van der Waals surface area contributed by atoms with Crippen molar-refractivity contribution in [1.82, 2.24) is 5.32 Å². The molecular weight excluding hydrogens is 282 g/mol. The highest BCUT2D eigenvalue weighted by atomic mass is 16.6. The summed E-state index contributed by atoms with van der Waals surface area (Å²) in [6, 6.07) is 0. The van der Waals surface area contributed by atoms with E-state index in [9.17, 15) is 9.59 Å². The third-order valence-electron chi connectivity index (χ3n) is 5.15. The molecule has 1 atom stereocenters. The lowest BCUT2D eigenvalue weighted by atomic mass is 9.67. The number of rotatable bonds is 6. The summed E-state index contributed by atoms with van der Waals surface area (Å²) in [6.07, 6.45) is 3.56. The van der Waals surface area contributed by atoms with E-state index in [1.54, 1.807) is 0 Å². The normalized spacial score (nSPS) is 20.3. The lowest BCUT2D eigenvalue weighted by Gasteiger charge is -2.42. The Labute approximate surface area is 134 Å². The molecule has 0 bridgehead atoms. The van der Waals surface area contributed by atoms with E-state index in [-0.39, 0.29) is 23.8 Å². The number of ether oxygens (including phenoxy) is 2. The topological polar surface area (TPSA) is 64.6 Å². The minimum absolute atomic E-state index is 0.148. The summed E-state index contributed by atoms with van der Waals surface area (Å²) in [5.74, 6) is -0.555. The van der Waals surface area contributed by atoms with E-state index in [1.165, 1.54) is 7.11 Å². The third kappa shape index (κ3) is 4.00. The first kappa shape index (κ1) is 18.9. The highest BCUT2D eigenvalue weighted by Crippen LogP contribution is 2.43. The van der Waals surface area contributed by atoms with E-state index in [1.807, 2.05) is 34.7 Å². The van der Waals surface area contributed by atoms with Gasteiger partial charge in [-0.2, -0.15) is 0 Å². The number of esters is 2. The molecule has 22 heavy (non-hydrogen) atoms. The Balaban J connectivity index is 2.96. The second-order valence-electron chi connectivity index (χ2n) is 7.64. The van der Waals surface area contributed by atoms with Gasteiger partial charge in [0.05, 0.1) is 18.9 Å². The SMILES string of the molecule is CNCC(C)(C(=O)OC1(CC(=O)OC)CCCC1)C(C)(C)C. The fourth-order valence-electron chi connectivity index (χ4n) is 2.98. The van der Waals surface area contributed by atoms with Gasteiger partial charge in [-0.05, 0) is 45.1 Å². The lowest BCUT2D eigenvalue weighted by molar-refractivity contribution is -0.180. The van der Waals surface area contributed by atoms with Gasteiger partial charge in [-0.3, -0.25) is 9.59 Å². The molecule has 1 aliphatic rings. The summed E-state index contributed by atoms with van der Waals surface area (Å²) in [5, 5.41) is 3.09. The second kappa shape index (κ2) is 6.99. The molecule has 5 nitrogen and oxygen atoms in total. The van der Waals surface area contributed by atoms with Crippen LogP contribution < -0.4 is 5.32 Å². The summed E-state index contributed by atoms with van der Waals surface area (Å²) in [4.78, 5) is 24.6. The van der Waals surface area contributed by atoms with Crippen LogP contribution in [0.1, 0.15) is 59.8 Å². The molecule has 128 valence electrons. The first-order valence-electron chi connectivity index (χ1n) is 8.05. The molecule has 0 aliphatic heterocycles. The van der Waals surface area contributed by atoms with Crippen LogP contribution in [-0.2, 0) is 19.1 Å². The monoisotopic (exact) mass is 313 g/mol. The third-order valence-corrected chi connectivity index (χ3v) is 5.15. The zero-order valence-electron chi connectivity index (χ0n) is 14.9. The molecule has 1 aliphatic carbocycles. The minimum Gasteiger partial charge on any atom is -0.469 e. The van der Waals surface area contributed by atoms with Crippen molar-refractivity contribution in [2.75, 3.05) is 20.7 Å². The molecule has 1 rings (SSSR count). The van der Waals surface area contributed by atoms with Gasteiger partial charge in [0.15, 0.2) is 0 Å². The number of hydrogen-bond acceptors (Lipinski definition) is 5. The maximum Gasteiger partial charge on any atom is 0.314 e. The lowest BCUT2D eigenvalue weighted by Crippen LogP contribution is -2.51. The number of hydrogen-bond donors (Lipinski definition) is 1. The van der Waals surface area contributed by atoms with Crippen LogP contribution in [0.2, 0.25) is 0 Å². The average Bonchev–Trinajstić information content (AvgIpc) is 2.85. The van der Waals surface area contributed by atoms with Gasteiger partial charge in [-0.25, -0.2) is 0 Å². The molecule has 1 saturated carbocycles. The molecule has 5 heteroatoms. The zero-order chi connectivity index (χ0) is 17.0. The van der Waals surface area contributed by atoms with Crippen LogP contribution in [0.15, 0.2) is 0 Å². The van der Waals surface area contributed by atoms with Gasteiger partial charge in [-0.1, -0.05) is 20.8 Å². The van der Waals surface area contributed by atoms with Crippen molar-refractivity contribution in [1.29, 1.82) is 0 Å². The molecule has 0 aromatic carbocycles. The van der Waals surface area contributed by atoms with Gasteiger partial charge >= 0.3 is 11.9 Å². The maximum absolute atomic E-state index is 12.9. The molecule has 0 aromatic rings. The standard InChI is InChI=1S/C17H31NO4/c1-15(2,3)16(4,12-18-5)14(20)22-17(9-7-8-10-17)11-13(19)21-6/h18H,7-12H2,1-6H3. The Bertz CT molecular complexity index is 407. The molecule has 0 aromatic heterocycles. The Morgan fingerprint density at radius 3 is 2.09 bits per heavy atom. The van der Waals surface area contributed by atoms with Crippen LogP contribution in [-0.4, -0.2) is 38.2 Å². The number of nitrogens with one attached hydrogen (secondary N) is 1. The van der Waals surface area contributed by atoms with Crippen molar-refractivity contribution in [2.24, 2.45) is 10.8 Å². The highest BCUT2D eigenvalue weighted by Gasteiger charge is 2.49. The first-order valence-corrected chi connectivity index (χ1v) is 8.05. The maximum atomic E-state index is 12.9. The molecule has 0 heterocycles. The summed E-state index contributed by atoms with van der Waals surface area (Å²) in [7, 11) is 3.20. The summed E-state index contributed by atoms with van der Waals surface area (Å²) in [5.41, 5.74) is -1.60. The van der Waals surface area contributed by atoms with E-state index in [2.05, 4.69) is 5.32 Å². The van der Waals surface area contributed by atoms with Gasteiger partial charge in [0.1, 0.15) is 5.60 Å². The van der Waals surface area contributed by atoms with E-state index in [4.69, 9.17) is 9.47 Å². The van der Waals surface area contributed by atoms with Gasteiger partial charge in [0, 0.05) is 6.54 Å². The number of methoxy groups -OCH3 is 1. The largest absolute Gasteiger partial charge is 0.469 e.